The van der Waals surface area contributed by atoms with Crippen molar-refractivity contribution in [3.63, 3.8) is 0 Å². The number of nitrogens with two attached hydrogens (primary N) is 1. The summed E-state index contributed by atoms with van der Waals surface area (Å²) in [5.74, 6) is 1.36. The number of ether oxygens (including phenoxy) is 2. The summed E-state index contributed by atoms with van der Waals surface area (Å²) in [5, 5.41) is 4.08. The highest BCUT2D eigenvalue weighted by Crippen LogP contribution is 2.13. The molecule has 1 heterocycles. The van der Waals surface area contributed by atoms with Gasteiger partial charge in [0.1, 0.15) is 18.2 Å². The van der Waals surface area contributed by atoms with Gasteiger partial charge in [-0.3, -0.25) is 4.68 Å². The first-order chi connectivity index (χ1) is 8.78. The van der Waals surface area contributed by atoms with Gasteiger partial charge in [-0.1, -0.05) is 12.1 Å². The summed E-state index contributed by atoms with van der Waals surface area (Å²) in [4.78, 5) is 0. The van der Waals surface area contributed by atoms with E-state index in [0.717, 1.165) is 11.3 Å². The van der Waals surface area contributed by atoms with Crippen molar-refractivity contribution in [3.05, 3.63) is 42.1 Å². The van der Waals surface area contributed by atoms with Crippen LogP contribution in [0.5, 0.6) is 5.75 Å². The van der Waals surface area contributed by atoms with E-state index in [1.54, 1.807) is 17.9 Å². The quantitative estimate of drug-likeness (QED) is 0.843. The molecule has 0 saturated carbocycles. The van der Waals surface area contributed by atoms with Crippen LogP contribution in [0.2, 0.25) is 0 Å². The molecule has 0 aliphatic carbocycles. The smallest absolute Gasteiger partial charge is 0.145 e. The third-order valence-electron chi connectivity index (χ3n) is 2.46. The first kappa shape index (κ1) is 12.4. The average molecular weight is 247 g/mol. The molecular formula is C13H17N3O2. The minimum Gasteiger partial charge on any atom is -0.492 e. The van der Waals surface area contributed by atoms with E-state index in [-0.39, 0.29) is 0 Å². The number of nitrogens with zero attached hydrogens (tertiary/aromatic N) is 2. The Labute approximate surface area is 106 Å². The largest absolute Gasteiger partial charge is 0.492 e. The van der Waals surface area contributed by atoms with E-state index < -0.39 is 0 Å². The Morgan fingerprint density at radius 3 is 2.94 bits per heavy atom. The second-order valence-corrected chi connectivity index (χ2v) is 3.93. The number of methoxy groups -OCH3 is 1. The predicted molar refractivity (Wildman–Crippen MR) is 69.3 cm³/mol. The normalized spacial score (nSPS) is 10.5. The Bertz CT molecular complexity index is 496. The van der Waals surface area contributed by atoms with Crippen LogP contribution in [0.25, 0.3) is 0 Å². The van der Waals surface area contributed by atoms with Crippen LogP contribution in [0.1, 0.15) is 5.56 Å². The fourth-order valence-electron chi connectivity index (χ4n) is 1.65. The lowest BCUT2D eigenvalue weighted by Gasteiger charge is -2.07. The number of anilines is 1. The van der Waals surface area contributed by atoms with Crippen molar-refractivity contribution in [1.82, 2.24) is 9.78 Å². The molecule has 2 N–H and O–H groups in total. The minimum absolute atomic E-state index is 0.525. The lowest BCUT2D eigenvalue weighted by molar-refractivity contribution is 0.184. The Kier molecular flexibility index (Phi) is 4.20. The Morgan fingerprint density at radius 1 is 1.33 bits per heavy atom. The van der Waals surface area contributed by atoms with Crippen molar-refractivity contribution in [1.29, 1.82) is 0 Å². The highest BCUT2D eigenvalue weighted by Gasteiger charge is 1.98. The molecular weight excluding hydrogens is 230 g/mol. The zero-order valence-electron chi connectivity index (χ0n) is 10.4. The van der Waals surface area contributed by atoms with Crippen molar-refractivity contribution >= 4 is 5.82 Å². The Balaban J connectivity index is 1.84. The van der Waals surface area contributed by atoms with Crippen molar-refractivity contribution in [2.24, 2.45) is 0 Å². The molecule has 0 fully saturated rings. The van der Waals surface area contributed by atoms with Crippen LogP contribution in [0.15, 0.2) is 36.5 Å². The first-order valence-electron chi connectivity index (χ1n) is 5.77. The van der Waals surface area contributed by atoms with Gasteiger partial charge in [-0.05, 0) is 23.8 Å². The topological polar surface area (TPSA) is 62.3 Å². The van der Waals surface area contributed by atoms with Crippen LogP contribution < -0.4 is 10.5 Å². The van der Waals surface area contributed by atoms with Crippen LogP contribution in [-0.2, 0) is 17.9 Å². The molecule has 2 aromatic rings. The Morgan fingerprint density at radius 2 is 2.22 bits per heavy atom. The molecule has 2 rings (SSSR count). The molecule has 0 aliphatic heterocycles. The monoisotopic (exact) mass is 247 g/mol. The van der Waals surface area contributed by atoms with E-state index in [2.05, 4.69) is 5.10 Å². The number of hydrogen-bond acceptors (Lipinski definition) is 4. The van der Waals surface area contributed by atoms with Crippen LogP contribution >= 0.6 is 0 Å². The van der Waals surface area contributed by atoms with Crippen molar-refractivity contribution in [2.45, 2.75) is 13.2 Å². The molecule has 96 valence electrons. The van der Waals surface area contributed by atoms with Crippen molar-refractivity contribution < 1.29 is 9.47 Å². The van der Waals surface area contributed by atoms with Crippen LogP contribution in [0.4, 0.5) is 5.82 Å². The molecule has 0 spiro atoms. The third-order valence-corrected chi connectivity index (χ3v) is 2.46. The van der Waals surface area contributed by atoms with Gasteiger partial charge in [0.2, 0.25) is 0 Å². The lowest BCUT2D eigenvalue weighted by atomic mass is 10.2. The maximum atomic E-state index is 5.65. The molecule has 5 heteroatoms. The summed E-state index contributed by atoms with van der Waals surface area (Å²) < 4.78 is 12.5. The molecule has 0 saturated heterocycles. The summed E-state index contributed by atoms with van der Waals surface area (Å²) in [6.45, 7) is 1.82. The van der Waals surface area contributed by atoms with E-state index in [1.165, 1.54) is 0 Å². The zero-order valence-corrected chi connectivity index (χ0v) is 10.4. The zero-order chi connectivity index (χ0) is 12.8. The van der Waals surface area contributed by atoms with Crippen LogP contribution in [0, 0.1) is 0 Å². The van der Waals surface area contributed by atoms with Gasteiger partial charge in [0.25, 0.3) is 0 Å². The average Bonchev–Trinajstić information content (AvgIpc) is 2.76. The molecule has 0 amide bonds. The molecule has 0 aliphatic rings. The molecule has 0 unspecified atom stereocenters. The SMILES string of the molecule is COCc1cccc(OCCn2ccc(N)n2)c1. The molecule has 5 nitrogen and oxygen atoms in total. The van der Waals surface area contributed by atoms with Gasteiger partial charge < -0.3 is 15.2 Å². The first-order valence-corrected chi connectivity index (χ1v) is 5.77. The molecule has 1 aromatic carbocycles. The maximum absolute atomic E-state index is 5.65. The third kappa shape index (κ3) is 3.49. The highest BCUT2D eigenvalue weighted by atomic mass is 16.5. The van der Waals surface area contributed by atoms with Gasteiger partial charge in [-0.2, -0.15) is 5.10 Å². The molecule has 0 bridgehead atoms. The fourth-order valence-corrected chi connectivity index (χ4v) is 1.65. The molecule has 0 radical (unpaired) electrons. The predicted octanol–water partition coefficient (Wildman–Crippen LogP) is 1.69. The number of aromatic nitrogens is 2. The Hall–Kier alpha value is -2.01. The number of nitrogen functional groups attached to an aromatic ring is 1. The summed E-state index contributed by atoms with van der Waals surface area (Å²) in [7, 11) is 1.68. The summed E-state index contributed by atoms with van der Waals surface area (Å²) >= 11 is 0. The van der Waals surface area contributed by atoms with Crippen molar-refractivity contribution in [3.8, 4) is 5.75 Å². The van der Waals surface area contributed by atoms with E-state index in [0.29, 0.717) is 25.6 Å². The fraction of sp³-hybridized carbons (Fsp3) is 0.308. The standard InChI is InChI=1S/C13H17N3O2/c1-17-10-11-3-2-4-12(9-11)18-8-7-16-6-5-13(14)15-16/h2-6,9H,7-8,10H2,1H3,(H2,14,15). The second kappa shape index (κ2) is 6.07. The molecule has 0 atom stereocenters. The van der Waals surface area contributed by atoms with Gasteiger partial charge in [0.05, 0.1) is 13.2 Å². The minimum atomic E-state index is 0.525. The maximum Gasteiger partial charge on any atom is 0.145 e. The van der Waals surface area contributed by atoms with Gasteiger partial charge in [0, 0.05) is 13.3 Å². The van der Waals surface area contributed by atoms with Gasteiger partial charge in [-0.25, -0.2) is 0 Å². The number of rotatable bonds is 6. The van der Waals surface area contributed by atoms with Gasteiger partial charge in [0.15, 0.2) is 0 Å². The van der Waals surface area contributed by atoms with Gasteiger partial charge >= 0.3 is 0 Å². The van der Waals surface area contributed by atoms with E-state index in [9.17, 15) is 0 Å². The highest BCUT2D eigenvalue weighted by molar-refractivity contribution is 5.28. The van der Waals surface area contributed by atoms with Gasteiger partial charge in [-0.15, -0.1) is 0 Å². The number of hydrogen-bond donors (Lipinski definition) is 1. The van der Waals surface area contributed by atoms with E-state index >= 15 is 0 Å². The second-order valence-electron chi connectivity index (χ2n) is 3.93. The lowest BCUT2D eigenvalue weighted by Crippen LogP contribution is -2.09. The summed E-state index contributed by atoms with van der Waals surface area (Å²) in [5.41, 5.74) is 6.62. The van der Waals surface area contributed by atoms with Crippen molar-refractivity contribution in [2.75, 3.05) is 19.5 Å². The summed E-state index contributed by atoms with van der Waals surface area (Å²) in [6, 6.07) is 9.62. The van der Waals surface area contributed by atoms with Crippen LogP contribution in [-0.4, -0.2) is 23.5 Å². The van der Waals surface area contributed by atoms with Crippen LogP contribution in [0.3, 0.4) is 0 Å². The summed E-state index contributed by atoms with van der Waals surface area (Å²) in [6.07, 6.45) is 1.83. The molecule has 1 aromatic heterocycles. The number of benzene rings is 1. The molecule has 18 heavy (non-hydrogen) atoms. The van der Waals surface area contributed by atoms with E-state index in [4.69, 9.17) is 15.2 Å². The van der Waals surface area contributed by atoms with E-state index in [1.807, 2.05) is 30.5 Å².